The van der Waals surface area contributed by atoms with Crippen molar-refractivity contribution >= 4 is 11.9 Å². The summed E-state index contributed by atoms with van der Waals surface area (Å²) in [5, 5.41) is 6.52. The van der Waals surface area contributed by atoms with Crippen LogP contribution >= 0.6 is 0 Å². The van der Waals surface area contributed by atoms with Gasteiger partial charge in [-0.15, -0.1) is 0 Å². The Morgan fingerprint density at radius 2 is 1.88 bits per heavy atom. The van der Waals surface area contributed by atoms with E-state index in [1.54, 1.807) is 26.0 Å². The fourth-order valence-corrected chi connectivity index (χ4v) is 2.03. The summed E-state index contributed by atoms with van der Waals surface area (Å²) in [6, 6.07) is 7.60. The molecule has 0 atom stereocenters. The summed E-state index contributed by atoms with van der Waals surface area (Å²) in [7, 11) is 5.25. The summed E-state index contributed by atoms with van der Waals surface area (Å²) < 4.78 is 5.50. The van der Waals surface area contributed by atoms with Crippen molar-refractivity contribution in [2.24, 2.45) is 4.99 Å². The zero-order valence-corrected chi connectivity index (χ0v) is 15.4. The maximum Gasteiger partial charge on any atom is 0.253 e. The average Bonchev–Trinajstić information content (AvgIpc) is 2.56. The topological polar surface area (TPSA) is 66.0 Å². The summed E-state index contributed by atoms with van der Waals surface area (Å²) in [6.07, 6.45) is 1.20. The molecule has 0 aliphatic heterocycles. The number of carbonyl (C=O) groups is 1. The molecule has 0 aliphatic carbocycles. The second-order valence-electron chi connectivity index (χ2n) is 6.02. The predicted molar refractivity (Wildman–Crippen MR) is 98.4 cm³/mol. The molecular weight excluding hydrogens is 304 g/mol. The van der Waals surface area contributed by atoms with Gasteiger partial charge in [0.25, 0.3) is 5.91 Å². The maximum atomic E-state index is 11.9. The van der Waals surface area contributed by atoms with Gasteiger partial charge in [-0.25, -0.2) is 0 Å². The zero-order valence-electron chi connectivity index (χ0n) is 15.4. The Morgan fingerprint density at radius 3 is 2.42 bits per heavy atom. The largest absolute Gasteiger partial charge is 0.379 e. The van der Waals surface area contributed by atoms with Crippen molar-refractivity contribution in [3.63, 3.8) is 0 Å². The normalized spacial score (nSPS) is 11.5. The highest BCUT2D eigenvalue weighted by Gasteiger charge is 2.07. The monoisotopic (exact) mass is 334 g/mol. The molecular formula is C18H30N4O2. The van der Waals surface area contributed by atoms with E-state index in [1.807, 2.05) is 38.1 Å². The first-order valence-corrected chi connectivity index (χ1v) is 8.30. The van der Waals surface area contributed by atoms with Crippen LogP contribution in [0, 0.1) is 0 Å². The van der Waals surface area contributed by atoms with Gasteiger partial charge in [-0.05, 0) is 38.0 Å². The molecule has 0 unspecified atom stereocenters. The number of hydrogen-bond donors (Lipinski definition) is 2. The quantitative estimate of drug-likeness (QED) is 0.433. The standard InChI is InChI=1S/C18H30N4O2/c1-14(2)24-12-6-11-20-18(19-3)21-13-15-7-9-16(10-8-15)17(23)22(4)5/h7-10,14H,6,11-13H2,1-5H3,(H2,19,20,21). The molecule has 0 saturated heterocycles. The Balaban J connectivity index is 2.36. The smallest absolute Gasteiger partial charge is 0.253 e. The lowest BCUT2D eigenvalue weighted by molar-refractivity contribution is 0.0776. The molecule has 6 nitrogen and oxygen atoms in total. The molecule has 0 heterocycles. The number of benzene rings is 1. The Labute approximate surface area is 145 Å². The van der Waals surface area contributed by atoms with Gasteiger partial charge in [0.05, 0.1) is 6.10 Å². The van der Waals surface area contributed by atoms with Gasteiger partial charge < -0.3 is 20.3 Å². The molecule has 0 fully saturated rings. The predicted octanol–water partition coefficient (Wildman–Crippen LogP) is 1.87. The summed E-state index contributed by atoms with van der Waals surface area (Å²) in [5.41, 5.74) is 1.79. The third-order valence-electron chi connectivity index (χ3n) is 3.36. The summed E-state index contributed by atoms with van der Waals surface area (Å²) >= 11 is 0. The van der Waals surface area contributed by atoms with E-state index < -0.39 is 0 Å². The molecule has 0 aromatic heterocycles. The van der Waals surface area contributed by atoms with Gasteiger partial charge in [0.15, 0.2) is 5.96 Å². The minimum absolute atomic E-state index is 0.00982. The van der Waals surface area contributed by atoms with E-state index in [-0.39, 0.29) is 12.0 Å². The number of guanidine groups is 1. The van der Waals surface area contributed by atoms with Gasteiger partial charge in [0.1, 0.15) is 0 Å². The van der Waals surface area contributed by atoms with E-state index in [0.29, 0.717) is 12.1 Å². The van der Waals surface area contributed by atoms with Crippen LogP contribution in [0.5, 0.6) is 0 Å². The van der Waals surface area contributed by atoms with Crippen LogP contribution in [-0.4, -0.2) is 57.2 Å². The van der Waals surface area contributed by atoms with Crippen molar-refractivity contribution in [3.05, 3.63) is 35.4 Å². The van der Waals surface area contributed by atoms with Crippen LogP contribution in [0.2, 0.25) is 0 Å². The number of ether oxygens (including phenoxy) is 1. The van der Waals surface area contributed by atoms with Crippen molar-refractivity contribution in [2.45, 2.75) is 32.9 Å². The molecule has 0 bridgehead atoms. The van der Waals surface area contributed by atoms with Crippen molar-refractivity contribution in [3.8, 4) is 0 Å². The first kappa shape index (κ1) is 20.0. The van der Waals surface area contributed by atoms with Crippen LogP contribution in [0.4, 0.5) is 0 Å². The van der Waals surface area contributed by atoms with E-state index in [0.717, 1.165) is 31.1 Å². The number of nitrogens with zero attached hydrogens (tertiary/aromatic N) is 2. The van der Waals surface area contributed by atoms with E-state index in [2.05, 4.69) is 15.6 Å². The molecule has 1 rings (SSSR count). The van der Waals surface area contributed by atoms with E-state index in [1.165, 1.54) is 0 Å². The Bertz CT molecular complexity index is 524. The highest BCUT2D eigenvalue weighted by atomic mass is 16.5. The molecule has 0 radical (unpaired) electrons. The first-order chi connectivity index (χ1) is 11.4. The Hall–Kier alpha value is -2.08. The average molecular weight is 334 g/mol. The lowest BCUT2D eigenvalue weighted by Crippen LogP contribution is -2.37. The van der Waals surface area contributed by atoms with Crippen LogP contribution < -0.4 is 10.6 Å². The number of amides is 1. The molecule has 1 aromatic carbocycles. The van der Waals surface area contributed by atoms with E-state index in [9.17, 15) is 4.79 Å². The molecule has 0 saturated carbocycles. The highest BCUT2D eigenvalue weighted by Crippen LogP contribution is 2.06. The molecule has 1 amide bonds. The van der Waals surface area contributed by atoms with Crippen molar-refractivity contribution < 1.29 is 9.53 Å². The van der Waals surface area contributed by atoms with Gasteiger partial charge in [0.2, 0.25) is 0 Å². The number of hydrogen-bond acceptors (Lipinski definition) is 3. The highest BCUT2D eigenvalue weighted by molar-refractivity contribution is 5.93. The maximum absolute atomic E-state index is 11.9. The van der Waals surface area contributed by atoms with E-state index in [4.69, 9.17) is 4.74 Å². The fraction of sp³-hybridized carbons (Fsp3) is 0.556. The zero-order chi connectivity index (χ0) is 17.9. The van der Waals surface area contributed by atoms with Crippen LogP contribution in [0.15, 0.2) is 29.3 Å². The molecule has 134 valence electrons. The molecule has 6 heteroatoms. The number of aliphatic imine (C=N–C) groups is 1. The van der Waals surface area contributed by atoms with Crippen LogP contribution in [0.3, 0.4) is 0 Å². The second kappa shape index (κ2) is 10.6. The summed E-state index contributed by atoms with van der Waals surface area (Å²) in [5.74, 6) is 0.767. The number of carbonyl (C=O) groups excluding carboxylic acids is 1. The van der Waals surface area contributed by atoms with Gasteiger partial charge in [-0.1, -0.05) is 12.1 Å². The second-order valence-corrected chi connectivity index (χ2v) is 6.02. The summed E-state index contributed by atoms with van der Waals surface area (Å²) in [4.78, 5) is 17.6. The minimum atomic E-state index is 0.00982. The van der Waals surface area contributed by atoms with E-state index >= 15 is 0 Å². The molecule has 2 N–H and O–H groups in total. The van der Waals surface area contributed by atoms with Crippen LogP contribution in [-0.2, 0) is 11.3 Å². The molecule has 0 spiro atoms. The Morgan fingerprint density at radius 1 is 1.21 bits per heavy atom. The van der Waals surface area contributed by atoms with Crippen molar-refractivity contribution in [2.75, 3.05) is 34.3 Å². The third-order valence-corrected chi connectivity index (χ3v) is 3.36. The SMILES string of the molecule is CN=C(NCCCOC(C)C)NCc1ccc(C(=O)N(C)C)cc1. The first-order valence-electron chi connectivity index (χ1n) is 8.30. The van der Waals surface area contributed by atoms with Crippen molar-refractivity contribution in [1.29, 1.82) is 0 Å². The molecule has 1 aromatic rings. The Kier molecular flexibility index (Phi) is 8.86. The minimum Gasteiger partial charge on any atom is -0.379 e. The van der Waals surface area contributed by atoms with Crippen LogP contribution in [0.25, 0.3) is 0 Å². The van der Waals surface area contributed by atoms with Gasteiger partial charge in [-0.2, -0.15) is 0 Å². The summed E-state index contributed by atoms with van der Waals surface area (Å²) in [6.45, 7) is 6.26. The molecule has 24 heavy (non-hydrogen) atoms. The number of rotatable bonds is 8. The van der Waals surface area contributed by atoms with Gasteiger partial charge in [0, 0.05) is 46.4 Å². The third kappa shape index (κ3) is 7.46. The van der Waals surface area contributed by atoms with Crippen molar-refractivity contribution in [1.82, 2.24) is 15.5 Å². The van der Waals surface area contributed by atoms with Gasteiger partial charge in [-0.3, -0.25) is 9.79 Å². The fourth-order valence-electron chi connectivity index (χ4n) is 2.03. The lowest BCUT2D eigenvalue weighted by Gasteiger charge is -2.13. The van der Waals surface area contributed by atoms with Crippen LogP contribution in [0.1, 0.15) is 36.2 Å². The lowest BCUT2D eigenvalue weighted by atomic mass is 10.1. The van der Waals surface area contributed by atoms with Gasteiger partial charge >= 0.3 is 0 Å². The molecule has 0 aliphatic rings. The number of nitrogens with one attached hydrogen (secondary N) is 2.